The Morgan fingerprint density at radius 1 is 1.43 bits per heavy atom. The van der Waals surface area contributed by atoms with Crippen LogP contribution in [0, 0.1) is 5.82 Å². The van der Waals surface area contributed by atoms with Crippen LogP contribution < -0.4 is 5.32 Å². The van der Waals surface area contributed by atoms with Gasteiger partial charge in [-0.25, -0.2) is 4.39 Å². The van der Waals surface area contributed by atoms with Crippen LogP contribution in [0.2, 0.25) is 0 Å². The zero-order valence-corrected chi connectivity index (χ0v) is 13.1. The molecule has 3 nitrogen and oxygen atoms in total. The number of benzene rings is 1. The fraction of sp³-hybridized carbons (Fsp3) is 0.647. The maximum atomic E-state index is 14.0. The lowest BCUT2D eigenvalue weighted by molar-refractivity contribution is -0.00186. The van der Waals surface area contributed by atoms with Gasteiger partial charge in [-0.2, -0.15) is 0 Å². The van der Waals surface area contributed by atoms with Crippen molar-refractivity contribution < 1.29 is 9.13 Å². The smallest absolute Gasteiger partial charge is 0.127 e. The zero-order chi connectivity index (χ0) is 15.1. The van der Waals surface area contributed by atoms with Crippen LogP contribution in [0.15, 0.2) is 24.3 Å². The van der Waals surface area contributed by atoms with Crippen LogP contribution in [0.4, 0.5) is 4.39 Å². The maximum absolute atomic E-state index is 14.0. The van der Waals surface area contributed by atoms with Crippen LogP contribution in [0.25, 0.3) is 0 Å². The summed E-state index contributed by atoms with van der Waals surface area (Å²) in [7, 11) is 0. The molecule has 1 aliphatic rings. The molecule has 2 rings (SSSR count). The van der Waals surface area contributed by atoms with E-state index in [0.29, 0.717) is 6.04 Å². The van der Waals surface area contributed by atoms with Gasteiger partial charge in [0.05, 0.1) is 13.2 Å². The molecule has 4 heteroatoms. The lowest BCUT2D eigenvalue weighted by atomic mass is 10.0. The third-order valence-corrected chi connectivity index (χ3v) is 4.13. The van der Waals surface area contributed by atoms with Gasteiger partial charge in [0.15, 0.2) is 0 Å². The molecule has 118 valence electrons. The maximum Gasteiger partial charge on any atom is 0.127 e. The number of morpholine rings is 1. The third kappa shape index (κ3) is 4.77. The fourth-order valence-electron chi connectivity index (χ4n) is 2.83. The first kappa shape index (κ1) is 16.4. The van der Waals surface area contributed by atoms with Gasteiger partial charge in [0.25, 0.3) is 0 Å². The Bertz CT molecular complexity index is 427. The Morgan fingerprint density at radius 3 is 2.95 bits per heavy atom. The first-order valence-corrected chi connectivity index (χ1v) is 8.02. The largest absolute Gasteiger partial charge is 0.379 e. The highest BCUT2D eigenvalue weighted by Gasteiger charge is 2.21. The SMILES string of the molecule is CCCNC(CCN1CCOCC1C)c1ccccc1F. The van der Waals surface area contributed by atoms with Crippen LogP contribution in [0.1, 0.15) is 38.3 Å². The van der Waals surface area contributed by atoms with E-state index >= 15 is 0 Å². The summed E-state index contributed by atoms with van der Waals surface area (Å²) in [6.45, 7) is 8.78. The Morgan fingerprint density at radius 2 is 2.24 bits per heavy atom. The highest BCUT2D eigenvalue weighted by Crippen LogP contribution is 2.21. The van der Waals surface area contributed by atoms with Crippen LogP contribution in [0.5, 0.6) is 0 Å². The number of hydrogen-bond donors (Lipinski definition) is 1. The lowest BCUT2D eigenvalue weighted by Crippen LogP contribution is -2.44. The minimum atomic E-state index is -0.110. The highest BCUT2D eigenvalue weighted by atomic mass is 19.1. The molecule has 0 bridgehead atoms. The second kappa shape index (κ2) is 8.47. The molecule has 1 aliphatic heterocycles. The van der Waals surface area contributed by atoms with E-state index in [9.17, 15) is 4.39 Å². The normalized spacial score (nSPS) is 21.4. The molecule has 0 saturated carbocycles. The van der Waals surface area contributed by atoms with Crippen molar-refractivity contribution >= 4 is 0 Å². The summed E-state index contributed by atoms with van der Waals surface area (Å²) < 4.78 is 19.5. The molecule has 1 saturated heterocycles. The second-order valence-electron chi connectivity index (χ2n) is 5.78. The van der Waals surface area contributed by atoms with E-state index < -0.39 is 0 Å². The molecule has 21 heavy (non-hydrogen) atoms. The molecule has 0 aliphatic carbocycles. The predicted octanol–water partition coefficient (Wildman–Crippen LogP) is 2.98. The summed E-state index contributed by atoms with van der Waals surface area (Å²) in [5.41, 5.74) is 0.784. The summed E-state index contributed by atoms with van der Waals surface area (Å²) in [5, 5.41) is 3.48. The van der Waals surface area contributed by atoms with Crippen LogP contribution >= 0.6 is 0 Å². The van der Waals surface area contributed by atoms with Crippen molar-refractivity contribution in [3.8, 4) is 0 Å². The molecule has 1 N–H and O–H groups in total. The molecule has 1 heterocycles. The summed E-state index contributed by atoms with van der Waals surface area (Å²) in [4.78, 5) is 2.44. The first-order chi connectivity index (χ1) is 10.2. The molecular weight excluding hydrogens is 267 g/mol. The molecule has 0 aromatic heterocycles. The van der Waals surface area contributed by atoms with E-state index in [1.165, 1.54) is 0 Å². The van der Waals surface area contributed by atoms with Gasteiger partial charge in [-0.1, -0.05) is 25.1 Å². The molecule has 2 atom stereocenters. The Kier molecular flexibility index (Phi) is 6.61. The predicted molar refractivity (Wildman–Crippen MR) is 83.9 cm³/mol. The minimum absolute atomic E-state index is 0.0844. The van der Waals surface area contributed by atoms with Gasteiger partial charge in [-0.15, -0.1) is 0 Å². The summed E-state index contributed by atoms with van der Waals surface area (Å²) in [6.07, 6.45) is 1.98. The Labute approximate surface area is 127 Å². The van der Waals surface area contributed by atoms with Crippen LogP contribution in [-0.2, 0) is 4.74 Å². The van der Waals surface area contributed by atoms with Gasteiger partial charge in [-0.3, -0.25) is 4.90 Å². The number of rotatable bonds is 7. The second-order valence-corrected chi connectivity index (χ2v) is 5.78. The zero-order valence-electron chi connectivity index (χ0n) is 13.1. The number of nitrogens with zero attached hydrogens (tertiary/aromatic N) is 1. The number of nitrogens with one attached hydrogen (secondary N) is 1. The topological polar surface area (TPSA) is 24.5 Å². The number of halogens is 1. The highest BCUT2D eigenvalue weighted by molar-refractivity contribution is 5.21. The van der Waals surface area contributed by atoms with Crippen LogP contribution in [-0.4, -0.2) is 43.8 Å². The van der Waals surface area contributed by atoms with E-state index in [1.54, 1.807) is 12.1 Å². The van der Waals surface area contributed by atoms with Crippen molar-refractivity contribution in [2.45, 2.75) is 38.8 Å². The first-order valence-electron chi connectivity index (χ1n) is 8.02. The average Bonchev–Trinajstić information content (AvgIpc) is 2.50. The molecule has 0 spiro atoms. The van der Waals surface area contributed by atoms with Gasteiger partial charge in [0.2, 0.25) is 0 Å². The van der Waals surface area contributed by atoms with Crippen molar-refractivity contribution in [3.63, 3.8) is 0 Å². The van der Waals surface area contributed by atoms with Gasteiger partial charge < -0.3 is 10.1 Å². The van der Waals surface area contributed by atoms with E-state index in [0.717, 1.165) is 51.3 Å². The number of ether oxygens (including phenoxy) is 1. The van der Waals surface area contributed by atoms with Gasteiger partial charge >= 0.3 is 0 Å². The fourth-order valence-corrected chi connectivity index (χ4v) is 2.83. The third-order valence-electron chi connectivity index (χ3n) is 4.13. The molecule has 0 radical (unpaired) electrons. The lowest BCUT2D eigenvalue weighted by Gasteiger charge is -2.34. The van der Waals surface area contributed by atoms with Gasteiger partial charge in [0.1, 0.15) is 5.82 Å². The molecular formula is C17H27FN2O. The van der Waals surface area contributed by atoms with Gasteiger partial charge in [0, 0.05) is 30.7 Å². The molecule has 2 unspecified atom stereocenters. The minimum Gasteiger partial charge on any atom is -0.379 e. The van der Waals surface area contributed by atoms with E-state index in [1.807, 2.05) is 12.1 Å². The average molecular weight is 294 g/mol. The molecule has 1 fully saturated rings. The van der Waals surface area contributed by atoms with Crippen molar-refractivity contribution in [3.05, 3.63) is 35.6 Å². The number of hydrogen-bond acceptors (Lipinski definition) is 3. The standard InChI is InChI=1S/C17H27FN2O/c1-3-9-19-17(15-6-4-5-7-16(15)18)8-10-20-11-12-21-13-14(20)2/h4-7,14,17,19H,3,8-13H2,1-2H3. The molecule has 1 aromatic carbocycles. The van der Waals surface area contributed by atoms with E-state index in [-0.39, 0.29) is 11.9 Å². The summed E-state index contributed by atoms with van der Waals surface area (Å²) in [6, 6.07) is 7.64. The van der Waals surface area contributed by atoms with Crippen molar-refractivity contribution in [2.75, 3.05) is 32.8 Å². The quantitative estimate of drug-likeness (QED) is 0.837. The Balaban J connectivity index is 1.97. The molecule has 0 amide bonds. The van der Waals surface area contributed by atoms with Crippen LogP contribution in [0.3, 0.4) is 0 Å². The summed E-state index contributed by atoms with van der Waals surface area (Å²) >= 11 is 0. The van der Waals surface area contributed by atoms with E-state index in [4.69, 9.17) is 4.74 Å². The van der Waals surface area contributed by atoms with Crippen molar-refractivity contribution in [2.24, 2.45) is 0 Å². The summed E-state index contributed by atoms with van der Waals surface area (Å²) in [5.74, 6) is -0.110. The van der Waals surface area contributed by atoms with Crippen molar-refractivity contribution in [1.82, 2.24) is 10.2 Å². The van der Waals surface area contributed by atoms with E-state index in [2.05, 4.69) is 24.1 Å². The monoisotopic (exact) mass is 294 g/mol. The van der Waals surface area contributed by atoms with Crippen molar-refractivity contribution in [1.29, 1.82) is 0 Å². The van der Waals surface area contributed by atoms with Gasteiger partial charge in [-0.05, 0) is 32.4 Å². The molecule has 1 aromatic rings. The Hall–Kier alpha value is -0.970.